The van der Waals surface area contributed by atoms with Gasteiger partial charge in [-0.25, -0.2) is 9.88 Å². The van der Waals surface area contributed by atoms with Crippen molar-refractivity contribution in [1.29, 1.82) is 0 Å². The van der Waals surface area contributed by atoms with Crippen molar-refractivity contribution < 1.29 is 19.1 Å². The van der Waals surface area contributed by atoms with Crippen LogP contribution in [0.15, 0.2) is 66.7 Å². The minimum atomic E-state index is -0.391. The number of carbonyl (C=O) groups is 3. The highest BCUT2D eigenvalue weighted by Gasteiger charge is 2.38. The minimum absolute atomic E-state index is 0.272. The van der Waals surface area contributed by atoms with Crippen LogP contribution < -0.4 is 15.0 Å². The number of benzene rings is 3. The smallest absolute Gasteiger partial charge is 0.268 e. The topological polar surface area (TPSA) is 88.6 Å². The van der Waals surface area contributed by atoms with Crippen molar-refractivity contribution in [1.82, 2.24) is 4.98 Å². The Kier molecular flexibility index (Phi) is 4.91. The van der Waals surface area contributed by atoms with E-state index in [1.54, 1.807) is 66.7 Å². The number of rotatable bonds is 5. The Balaban J connectivity index is 1.39. The van der Waals surface area contributed by atoms with Crippen molar-refractivity contribution in [3.63, 3.8) is 0 Å². The van der Waals surface area contributed by atoms with Crippen LogP contribution in [0.5, 0.6) is 5.75 Å². The van der Waals surface area contributed by atoms with E-state index in [-0.39, 0.29) is 11.0 Å². The van der Waals surface area contributed by atoms with Crippen molar-refractivity contribution in [3.8, 4) is 5.75 Å². The predicted octanol–water partition coefficient (Wildman–Crippen LogP) is 4.75. The van der Waals surface area contributed by atoms with Gasteiger partial charge in [-0.2, -0.15) is 0 Å². The van der Waals surface area contributed by atoms with Crippen molar-refractivity contribution in [2.24, 2.45) is 0 Å². The summed E-state index contributed by atoms with van der Waals surface area (Å²) in [6.45, 7) is 2.48. The summed E-state index contributed by atoms with van der Waals surface area (Å²) >= 11 is 1.19. The summed E-state index contributed by atoms with van der Waals surface area (Å²) in [4.78, 5) is 43.7. The summed E-state index contributed by atoms with van der Waals surface area (Å²) in [5.74, 6) is -0.319. The van der Waals surface area contributed by atoms with E-state index in [4.69, 9.17) is 4.74 Å². The van der Waals surface area contributed by atoms with Crippen LogP contribution in [-0.4, -0.2) is 29.3 Å². The molecule has 0 spiro atoms. The predicted molar refractivity (Wildman–Crippen MR) is 123 cm³/mol. The van der Waals surface area contributed by atoms with Crippen molar-refractivity contribution in [3.05, 3.63) is 83.4 Å². The summed E-state index contributed by atoms with van der Waals surface area (Å²) in [5.41, 5.74) is 2.44. The van der Waals surface area contributed by atoms with Crippen LogP contribution in [0.4, 0.5) is 10.8 Å². The van der Waals surface area contributed by atoms with Crippen molar-refractivity contribution >= 4 is 50.1 Å². The third kappa shape index (κ3) is 3.40. The summed E-state index contributed by atoms with van der Waals surface area (Å²) in [5, 5.41) is 3.14. The molecule has 0 bridgehead atoms. The average Bonchev–Trinajstić information content (AvgIpc) is 3.33. The molecule has 0 unspecified atom stereocenters. The summed E-state index contributed by atoms with van der Waals surface area (Å²) in [7, 11) is 0. The number of nitrogens with zero attached hydrogens (tertiary/aromatic N) is 2. The van der Waals surface area contributed by atoms with Crippen LogP contribution in [0.3, 0.4) is 0 Å². The van der Waals surface area contributed by atoms with Gasteiger partial charge in [0.1, 0.15) is 5.75 Å². The number of aromatic nitrogens is 1. The highest BCUT2D eigenvalue weighted by Crippen LogP contribution is 2.34. The molecule has 32 heavy (non-hydrogen) atoms. The number of hydrogen-bond donors (Lipinski definition) is 1. The maximum Gasteiger partial charge on any atom is 0.268 e. The molecule has 1 N–H and O–H groups in total. The standard InChI is InChI=1S/C24H17N3O4S/c1-2-31-16-10-8-15(9-11-16)25-21(28)14-7-12-19-20(13-14)32-24(26-19)27-22(29)17-5-3-4-6-18(17)23(27)30/h3-13H,2H2,1H3,(H,25,28). The number of carbonyl (C=O) groups excluding carboxylic acids is 3. The van der Waals surface area contributed by atoms with E-state index in [2.05, 4.69) is 10.3 Å². The lowest BCUT2D eigenvalue weighted by molar-refractivity contribution is 0.0925. The fourth-order valence-electron chi connectivity index (χ4n) is 3.52. The normalized spacial score (nSPS) is 12.8. The van der Waals surface area contributed by atoms with Crippen molar-refractivity contribution in [2.75, 3.05) is 16.8 Å². The Morgan fingerprint density at radius 1 is 1.00 bits per heavy atom. The largest absolute Gasteiger partial charge is 0.494 e. The molecular weight excluding hydrogens is 426 g/mol. The van der Waals surface area contributed by atoms with Crippen molar-refractivity contribution in [2.45, 2.75) is 6.92 Å². The van der Waals surface area contributed by atoms with E-state index in [1.165, 1.54) is 11.3 Å². The third-order valence-corrected chi connectivity index (χ3v) is 6.05. The fraction of sp³-hybridized carbons (Fsp3) is 0.0833. The Morgan fingerprint density at radius 3 is 2.34 bits per heavy atom. The zero-order chi connectivity index (χ0) is 22.2. The van der Waals surface area contributed by atoms with E-state index < -0.39 is 11.8 Å². The highest BCUT2D eigenvalue weighted by molar-refractivity contribution is 7.22. The van der Waals surface area contributed by atoms with Crippen LogP contribution in [0.1, 0.15) is 38.0 Å². The minimum Gasteiger partial charge on any atom is -0.494 e. The number of hydrogen-bond acceptors (Lipinski definition) is 6. The molecule has 1 aliphatic heterocycles. The van der Waals surface area contributed by atoms with Gasteiger partial charge in [-0.15, -0.1) is 0 Å². The van der Waals surface area contributed by atoms with E-state index in [0.717, 1.165) is 10.6 Å². The first-order chi connectivity index (χ1) is 15.5. The molecule has 0 radical (unpaired) electrons. The summed E-state index contributed by atoms with van der Waals surface area (Å²) in [6, 6.07) is 18.9. The molecular formula is C24H17N3O4S. The van der Waals surface area contributed by atoms with Gasteiger partial charge in [0.05, 0.1) is 28.0 Å². The van der Waals surface area contributed by atoms with Crippen LogP contribution in [-0.2, 0) is 0 Å². The van der Waals surface area contributed by atoms with Crippen LogP contribution in [0.25, 0.3) is 10.2 Å². The SMILES string of the molecule is CCOc1ccc(NC(=O)c2ccc3nc(N4C(=O)c5ccccc5C4=O)sc3c2)cc1. The van der Waals surface area contributed by atoms with Gasteiger partial charge in [-0.3, -0.25) is 14.4 Å². The molecule has 158 valence electrons. The second kappa shape index (κ2) is 7.90. The Bertz CT molecular complexity index is 1340. The number of anilines is 2. The molecule has 4 aromatic rings. The summed E-state index contributed by atoms with van der Waals surface area (Å²) in [6.07, 6.45) is 0. The molecule has 1 aromatic heterocycles. The Hall–Kier alpha value is -4.04. The van der Waals surface area contributed by atoms with E-state index in [0.29, 0.717) is 39.2 Å². The molecule has 2 heterocycles. The number of nitrogens with one attached hydrogen (secondary N) is 1. The zero-order valence-corrected chi connectivity index (χ0v) is 17.8. The van der Waals surface area contributed by atoms with Gasteiger partial charge in [0, 0.05) is 11.3 Å². The van der Waals surface area contributed by atoms with E-state index >= 15 is 0 Å². The van der Waals surface area contributed by atoms with Gasteiger partial charge in [0.15, 0.2) is 0 Å². The monoisotopic (exact) mass is 443 g/mol. The molecule has 5 rings (SSSR count). The molecule has 1 aliphatic rings. The molecule has 7 nitrogen and oxygen atoms in total. The average molecular weight is 443 g/mol. The van der Waals surface area contributed by atoms with Gasteiger partial charge >= 0.3 is 0 Å². The van der Waals surface area contributed by atoms with Gasteiger partial charge in [0.25, 0.3) is 17.7 Å². The first kappa shape index (κ1) is 19.9. The second-order valence-corrected chi connectivity index (χ2v) is 8.09. The number of fused-ring (bicyclic) bond motifs is 2. The van der Waals surface area contributed by atoms with Gasteiger partial charge < -0.3 is 10.1 Å². The zero-order valence-electron chi connectivity index (χ0n) is 17.0. The Labute approximate surface area is 187 Å². The van der Waals surface area contributed by atoms with Crippen LogP contribution >= 0.6 is 11.3 Å². The number of amides is 3. The third-order valence-electron chi connectivity index (χ3n) is 5.05. The quantitative estimate of drug-likeness (QED) is 0.450. The first-order valence-electron chi connectivity index (χ1n) is 9.98. The molecule has 8 heteroatoms. The Morgan fingerprint density at radius 2 is 1.69 bits per heavy atom. The lowest BCUT2D eigenvalue weighted by Crippen LogP contribution is -2.29. The second-order valence-electron chi connectivity index (χ2n) is 7.08. The molecule has 0 fully saturated rings. The molecule has 0 atom stereocenters. The van der Waals surface area contributed by atoms with E-state index in [9.17, 15) is 14.4 Å². The van der Waals surface area contributed by atoms with E-state index in [1.807, 2.05) is 6.92 Å². The van der Waals surface area contributed by atoms with Gasteiger partial charge in [-0.05, 0) is 61.5 Å². The molecule has 0 aliphatic carbocycles. The number of thiazole rings is 1. The lowest BCUT2D eigenvalue weighted by atomic mass is 10.1. The summed E-state index contributed by atoms with van der Waals surface area (Å²) < 4.78 is 6.11. The van der Waals surface area contributed by atoms with Crippen LogP contribution in [0, 0.1) is 0 Å². The van der Waals surface area contributed by atoms with Gasteiger partial charge in [0.2, 0.25) is 5.13 Å². The maximum absolute atomic E-state index is 12.7. The van der Waals surface area contributed by atoms with Crippen LogP contribution in [0.2, 0.25) is 0 Å². The number of ether oxygens (including phenoxy) is 1. The maximum atomic E-state index is 12.7. The number of imide groups is 1. The van der Waals surface area contributed by atoms with Gasteiger partial charge in [-0.1, -0.05) is 23.5 Å². The molecule has 0 saturated carbocycles. The first-order valence-corrected chi connectivity index (χ1v) is 10.8. The molecule has 3 amide bonds. The molecule has 3 aromatic carbocycles. The molecule has 0 saturated heterocycles. The highest BCUT2D eigenvalue weighted by atomic mass is 32.1. The lowest BCUT2D eigenvalue weighted by Gasteiger charge is -2.08. The fourth-order valence-corrected chi connectivity index (χ4v) is 4.52.